The number of carbonyl (C=O) groups excluding carboxylic acids is 3. The van der Waals surface area contributed by atoms with E-state index in [1.54, 1.807) is 34.6 Å². The highest BCUT2D eigenvalue weighted by atomic mass is 32.2. The molecule has 0 aromatic carbocycles. The fraction of sp³-hybridized carbons (Fsp3) is 0.750. The number of nitrogens with zero attached hydrogens (tertiary/aromatic N) is 1. The molecule has 0 saturated carbocycles. The van der Waals surface area contributed by atoms with Crippen LogP contribution in [0.5, 0.6) is 0 Å². The van der Waals surface area contributed by atoms with Gasteiger partial charge in [0, 0.05) is 0 Å². The van der Waals surface area contributed by atoms with Gasteiger partial charge in [-0.1, -0.05) is 0 Å². The monoisotopic (exact) mass is 428 g/mol. The van der Waals surface area contributed by atoms with E-state index in [4.69, 9.17) is 5.14 Å². The molecule has 0 heterocycles. The predicted molar refractivity (Wildman–Crippen MR) is 108 cm³/mol. The number of rotatable bonds is 5. The van der Waals surface area contributed by atoms with Gasteiger partial charge in [0.2, 0.25) is 6.29 Å². The lowest BCUT2D eigenvalue weighted by Gasteiger charge is -2.12. The molecule has 9 nitrogen and oxygen atoms in total. The van der Waals surface area contributed by atoms with Crippen molar-refractivity contribution in [2.75, 3.05) is 13.2 Å². The first kappa shape index (κ1) is 30.3. The first-order valence-electron chi connectivity index (χ1n) is 8.04. The third-order valence-corrected chi connectivity index (χ3v) is 4.60. The molecule has 0 rings (SSSR count). The summed E-state index contributed by atoms with van der Waals surface area (Å²) in [5, 5.41) is 5.04. The molecule has 0 bridgehead atoms. The summed E-state index contributed by atoms with van der Waals surface area (Å²) in [5.41, 5.74) is 0. The topological polar surface area (TPSA) is 142 Å². The van der Waals surface area contributed by atoms with Crippen LogP contribution in [0.15, 0.2) is 4.40 Å². The number of ether oxygens (including phenoxy) is 2. The van der Waals surface area contributed by atoms with E-state index in [0.717, 1.165) is 6.21 Å². The van der Waals surface area contributed by atoms with Gasteiger partial charge < -0.3 is 9.47 Å². The second-order valence-corrected chi connectivity index (χ2v) is 10.4. The molecule has 0 radical (unpaired) electrons. The Morgan fingerprint density at radius 2 is 1.30 bits per heavy atom. The van der Waals surface area contributed by atoms with E-state index in [1.807, 2.05) is 20.8 Å². The number of hydrogen-bond donors (Lipinski definition) is 1. The summed E-state index contributed by atoms with van der Waals surface area (Å²) in [5.74, 6) is -1.36. The lowest BCUT2D eigenvalue weighted by Crippen LogP contribution is -2.27. The fourth-order valence-corrected chi connectivity index (χ4v) is 1.10. The minimum atomic E-state index is -1.39. The Balaban J connectivity index is -0.000000350. The van der Waals surface area contributed by atoms with E-state index in [9.17, 15) is 22.8 Å². The van der Waals surface area contributed by atoms with Gasteiger partial charge in [0.1, 0.15) is 17.2 Å². The molecule has 27 heavy (non-hydrogen) atoms. The Bertz CT molecular complexity index is 536. The number of nitrogens with two attached hydrogens (primary N) is 1. The van der Waals surface area contributed by atoms with E-state index in [0.29, 0.717) is 6.61 Å². The van der Waals surface area contributed by atoms with Gasteiger partial charge in [0.25, 0.3) is 0 Å². The summed E-state index contributed by atoms with van der Waals surface area (Å²) in [6.45, 7) is 14.8. The standard InChI is InChI=1S/C8H15NO3S.C4H11NOS.C4H6O3/c1-5-12-7(10)6-9-13(11)8(2,3)4;1-4(2,3)7(5)6;1-2-7-4(6)3-5/h6H,5H2,1-4H3;5H2,1-3H3;3H,2H2,1H3/t13-;7-;/m11./s1. The molecule has 0 aromatic rings. The van der Waals surface area contributed by atoms with Crippen LogP contribution in [-0.2, 0) is 45.8 Å². The molecular formula is C16H32N2O7S2. The first-order chi connectivity index (χ1) is 12.1. The zero-order valence-electron chi connectivity index (χ0n) is 17.3. The van der Waals surface area contributed by atoms with Crippen molar-refractivity contribution in [3.8, 4) is 0 Å². The van der Waals surface area contributed by atoms with Crippen LogP contribution in [0, 0.1) is 0 Å². The molecule has 0 aliphatic heterocycles. The van der Waals surface area contributed by atoms with Crippen molar-refractivity contribution in [1.29, 1.82) is 0 Å². The van der Waals surface area contributed by atoms with E-state index >= 15 is 0 Å². The first-order valence-corrected chi connectivity index (χ1v) is 10.4. The van der Waals surface area contributed by atoms with Crippen molar-refractivity contribution in [2.24, 2.45) is 9.54 Å². The van der Waals surface area contributed by atoms with Gasteiger partial charge in [-0.2, -0.15) is 4.40 Å². The maximum absolute atomic E-state index is 11.3. The molecule has 0 aromatic heterocycles. The van der Waals surface area contributed by atoms with Gasteiger partial charge in [0.15, 0.2) is 0 Å². The molecule has 0 aliphatic rings. The molecule has 0 fully saturated rings. The molecule has 0 amide bonds. The fourth-order valence-electron chi connectivity index (χ4n) is 0.605. The Kier molecular flexibility index (Phi) is 17.5. The average Bonchev–Trinajstić information content (AvgIpc) is 2.52. The van der Waals surface area contributed by atoms with E-state index < -0.39 is 38.7 Å². The molecule has 2 atom stereocenters. The van der Waals surface area contributed by atoms with E-state index in [-0.39, 0.29) is 17.6 Å². The highest BCUT2D eigenvalue weighted by Crippen LogP contribution is 2.11. The Labute approximate surface area is 166 Å². The minimum Gasteiger partial charge on any atom is -0.462 e. The summed E-state index contributed by atoms with van der Waals surface area (Å²) in [4.78, 5) is 30.0. The van der Waals surface area contributed by atoms with E-state index in [2.05, 4.69) is 13.9 Å². The molecule has 0 aliphatic carbocycles. The van der Waals surface area contributed by atoms with Crippen molar-refractivity contribution < 1.29 is 32.3 Å². The number of esters is 2. The third kappa shape index (κ3) is 22.5. The van der Waals surface area contributed by atoms with Crippen LogP contribution < -0.4 is 5.14 Å². The zero-order valence-corrected chi connectivity index (χ0v) is 18.9. The second kappa shape index (κ2) is 15.6. The van der Waals surface area contributed by atoms with Crippen LogP contribution in [0.1, 0.15) is 55.4 Å². The minimum absolute atomic E-state index is 0.142. The molecule has 11 heteroatoms. The van der Waals surface area contributed by atoms with Gasteiger partial charge >= 0.3 is 11.9 Å². The highest BCUT2D eigenvalue weighted by Gasteiger charge is 2.18. The molecule has 2 N–H and O–H groups in total. The molecule has 0 spiro atoms. The van der Waals surface area contributed by atoms with Crippen molar-refractivity contribution in [3.05, 3.63) is 0 Å². The smallest absolute Gasteiger partial charge is 0.371 e. The maximum atomic E-state index is 11.3. The highest BCUT2D eigenvalue weighted by molar-refractivity contribution is 7.85. The third-order valence-electron chi connectivity index (χ3n) is 2.05. The summed E-state index contributed by atoms with van der Waals surface area (Å²) < 4.78 is 33.3. The summed E-state index contributed by atoms with van der Waals surface area (Å²) in [6, 6.07) is 0. The van der Waals surface area contributed by atoms with Crippen molar-refractivity contribution >= 4 is 46.4 Å². The van der Waals surface area contributed by atoms with Crippen LogP contribution in [0.2, 0.25) is 0 Å². The van der Waals surface area contributed by atoms with E-state index in [1.165, 1.54) is 0 Å². The summed E-state index contributed by atoms with van der Waals surface area (Å²) in [6.07, 6.45) is 1.11. The Hall–Kier alpha value is -1.46. The Morgan fingerprint density at radius 1 is 0.926 bits per heavy atom. The van der Waals surface area contributed by atoms with Crippen LogP contribution in [0.4, 0.5) is 0 Å². The summed E-state index contributed by atoms with van der Waals surface area (Å²) in [7, 11) is -2.58. The molecular weight excluding hydrogens is 396 g/mol. The quantitative estimate of drug-likeness (QED) is 0.300. The lowest BCUT2D eigenvalue weighted by atomic mass is 10.3. The predicted octanol–water partition coefficient (Wildman–Crippen LogP) is 1.24. The normalized spacial score (nSPS) is 13.2. The van der Waals surface area contributed by atoms with Crippen molar-refractivity contribution in [3.63, 3.8) is 0 Å². The lowest BCUT2D eigenvalue weighted by molar-refractivity contribution is -0.148. The maximum Gasteiger partial charge on any atom is 0.371 e. The SMILES string of the molecule is CC(C)(C)[S@](N)=O.CCOC(=O)C=N[S@](=O)C(C)(C)C.CCOC(=O)C=O. The van der Waals surface area contributed by atoms with Gasteiger partial charge in [0.05, 0.1) is 33.7 Å². The molecule has 0 unspecified atom stereocenters. The van der Waals surface area contributed by atoms with Crippen LogP contribution in [-0.4, -0.2) is 55.6 Å². The zero-order chi connectivity index (χ0) is 22.3. The molecule has 0 saturated heterocycles. The van der Waals surface area contributed by atoms with Crippen molar-refractivity contribution in [2.45, 2.75) is 64.9 Å². The largest absolute Gasteiger partial charge is 0.462 e. The van der Waals surface area contributed by atoms with Crippen LogP contribution >= 0.6 is 0 Å². The molecule has 160 valence electrons. The van der Waals surface area contributed by atoms with Gasteiger partial charge in [-0.15, -0.1) is 0 Å². The van der Waals surface area contributed by atoms with Crippen LogP contribution in [0.25, 0.3) is 0 Å². The van der Waals surface area contributed by atoms with Gasteiger partial charge in [-0.05, 0) is 55.4 Å². The number of hydrogen-bond acceptors (Lipinski definition) is 7. The Morgan fingerprint density at radius 3 is 1.52 bits per heavy atom. The van der Waals surface area contributed by atoms with Gasteiger partial charge in [-0.25, -0.2) is 18.0 Å². The van der Waals surface area contributed by atoms with Gasteiger partial charge in [-0.3, -0.25) is 9.93 Å². The average molecular weight is 429 g/mol. The number of carbonyl (C=O) groups is 3. The second-order valence-electron chi connectivity index (χ2n) is 6.63. The van der Waals surface area contributed by atoms with Crippen LogP contribution in [0.3, 0.4) is 0 Å². The number of aldehydes is 1. The van der Waals surface area contributed by atoms with Crippen molar-refractivity contribution in [1.82, 2.24) is 0 Å². The summed E-state index contributed by atoms with van der Waals surface area (Å²) >= 11 is 0.